The molecule has 1 rings (SSSR count). The van der Waals surface area contributed by atoms with Crippen molar-refractivity contribution < 1.29 is 4.39 Å². The molecule has 28 heavy (non-hydrogen) atoms. The molecule has 0 spiro atoms. The van der Waals surface area contributed by atoms with Crippen molar-refractivity contribution in [2.75, 3.05) is 6.67 Å². The number of benzene rings is 1. The zero-order chi connectivity index (χ0) is 20.7. The van der Waals surface area contributed by atoms with E-state index in [4.69, 9.17) is 0 Å². The van der Waals surface area contributed by atoms with Crippen molar-refractivity contribution in [3.05, 3.63) is 41.5 Å². The third kappa shape index (κ3) is 11.7. The van der Waals surface area contributed by atoms with Crippen LogP contribution in [0.25, 0.3) is 6.08 Å². The Hall–Kier alpha value is -1.11. The molecule has 0 unspecified atom stereocenters. The maximum atomic E-state index is 12.0. The number of hydrogen-bond acceptors (Lipinski definition) is 0. The van der Waals surface area contributed by atoms with Crippen LogP contribution in [-0.4, -0.2) is 6.67 Å². The van der Waals surface area contributed by atoms with Gasteiger partial charge in [0.2, 0.25) is 0 Å². The first-order chi connectivity index (χ1) is 13.5. The van der Waals surface area contributed by atoms with Crippen molar-refractivity contribution in [2.24, 2.45) is 11.3 Å². The van der Waals surface area contributed by atoms with Crippen LogP contribution in [0.5, 0.6) is 0 Å². The highest BCUT2D eigenvalue weighted by Gasteiger charge is 2.21. The van der Waals surface area contributed by atoms with Gasteiger partial charge in [-0.25, -0.2) is 0 Å². The maximum Gasteiger partial charge on any atom is 0.0894 e. The minimum absolute atomic E-state index is 0.195. The standard InChI is InChI=1S/C27H45F/c1-24(2)27(3,4)22-14-10-7-5-6-8-12-16-25-18-20-26(21-19-25)17-13-9-11-15-23-28/h13,17-21,24H,5-12,14-16,22-23H2,1-4H3/b17-13+. The molecule has 160 valence electrons. The molecule has 0 aliphatic rings. The van der Waals surface area contributed by atoms with Crippen molar-refractivity contribution in [1.82, 2.24) is 0 Å². The molecule has 1 aromatic rings. The van der Waals surface area contributed by atoms with Gasteiger partial charge in [0.15, 0.2) is 0 Å². The fourth-order valence-electron chi connectivity index (χ4n) is 3.45. The molecule has 0 amide bonds. The van der Waals surface area contributed by atoms with E-state index >= 15 is 0 Å². The van der Waals surface area contributed by atoms with Gasteiger partial charge in [0.1, 0.15) is 0 Å². The Kier molecular flexibility index (Phi) is 13.2. The van der Waals surface area contributed by atoms with E-state index in [1.165, 1.54) is 68.9 Å². The van der Waals surface area contributed by atoms with E-state index in [0.29, 0.717) is 11.8 Å². The molecule has 0 heterocycles. The minimum atomic E-state index is -0.195. The number of allylic oxidation sites excluding steroid dienone is 1. The normalized spacial score (nSPS) is 12.4. The van der Waals surface area contributed by atoms with Crippen molar-refractivity contribution in [1.29, 1.82) is 0 Å². The lowest BCUT2D eigenvalue weighted by Gasteiger charge is -2.29. The lowest BCUT2D eigenvalue weighted by molar-refractivity contribution is 0.221. The Morgan fingerprint density at radius 2 is 1.43 bits per heavy atom. The lowest BCUT2D eigenvalue weighted by atomic mass is 9.77. The monoisotopic (exact) mass is 388 g/mol. The first kappa shape index (κ1) is 24.9. The van der Waals surface area contributed by atoms with Gasteiger partial charge in [0.05, 0.1) is 6.67 Å². The summed E-state index contributed by atoms with van der Waals surface area (Å²) in [5, 5.41) is 0. The molecular formula is C27H45F. The van der Waals surface area contributed by atoms with Crippen LogP contribution >= 0.6 is 0 Å². The van der Waals surface area contributed by atoms with Gasteiger partial charge in [-0.1, -0.05) is 103 Å². The van der Waals surface area contributed by atoms with E-state index in [1.54, 1.807) is 0 Å². The van der Waals surface area contributed by atoms with Crippen LogP contribution in [0.3, 0.4) is 0 Å². The number of aryl methyl sites for hydroxylation is 1. The molecule has 1 heteroatoms. The molecular weight excluding hydrogens is 343 g/mol. The zero-order valence-electron chi connectivity index (χ0n) is 19.1. The largest absolute Gasteiger partial charge is 0.251 e. The average molecular weight is 389 g/mol. The van der Waals surface area contributed by atoms with Gasteiger partial charge in [0.25, 0.3) is 0 Å². The number of hydrogen-bond donors (Lipinski definition) is 0. The second-order valence-corrected chi connectivity index (χ2v) is 9.45. The summed E-state index contributed by atoms with van der Waals surface area (Å²) in [5.74, 6) is 0.782. The Bertz CT molecular complexity index is 510. The van der Waals surface area contributed by atoms with Gasteiger partial charge in [-0.2, -0.15) is 0 Å². The molecule has 0 saturated carbocycles. The Labute approximate surface area is 175 Å². The predicted octanol–water partition coefficient (Wildman–Crippen LogP) is 9.19. The molecule has 0 aromatic heterocycles. The molecule has 0 aliphatic carbocycles. The number of halogens is 1. The second-order valence-electron chi connectivity index (χ2n) is 9.45. The van der Waals surface area contributed by atoms with Crippen molar-refractivity contribution in [3.63, 3.8) is 0 Å². The number of alkyl halides is 1. The summed E-state index contributed by atoms with van der Waals surface area (Å²) in [6.07, 6.45) is 19.1. The van der Waals surface area contributed by atoms with E-state index in [1.807, 2.05) is 0 Å². The third-order valence-corrected chi connectivity index (χ3v) is 6.39. The van der Waals surface area contributed by atoms with Crippen LogP contribution in [0.15, 0.2) is 30.3 Å². The van der Waals surface area contributed by atoms with Crippen LogP contribution in [-0.2, 0) is 6.42 Å². The van der Waals surface area contributed by atoms with Gasteiger partial charge < -0.3 is 0 Å². The fraction of sp³-hybridized carbons (Fsp3) is 0.704. The fourth-order valence-corrected chi connectivity index (χ4v) is 3.45. The minimum Gasteiger partial charge on any atom is -0.251 e. The molecule has 0 atom stereocenters. The molecule has 0 fully saturated rings. The summed E-state index contributed by atoms with van der Waals surface area (Å²) >= 11 is 0. The van der Waals surface area contributed by atoms with Gasteiger partial charge in [-0.15, -0.1) is 0 Å². The van der Waals surface area contributed by atoms with E-state index in [-0.39, 0.29) is 6.67 Å². The lowest BCUT2D eigenvalue weighted by Crippen LogP contribution is -2.18. The van der Waals surface area contributed by atoms with E-state index in [0.717, 1.165) is 18.8 Å². The summed E-state index contributed by atoms with van der Waals surface area (Å²) < 4.78 is 12.0. The Morgan fingerprint density at radius 3 is 2.04 bits per heavy atom. The van der Waals surface area contributed by atoms with Gasteiger partial charge in [0, 0.05) is 0 Å². The second kappa shape index (κ2) is 14.8. The number of unbranched alkanes of at least 4 members (excludes halogenated alkanes) is 8. The van der Waals surface area contributed by atoms with Gasteiger partial charge in [-0.05, 0) is 61.0 Å². The van der Waals surface area contributed by atoms with Gasteiger partial charge in [-0.3, -0.25) is 4.39 Å². The van der Waals surface area contributed by atoms with Crippen LogP contribution < -0.4 is 0 Å². The maximum absolute atomic E-state index is 12.0. The van der Waals surface area contributed by atoms with Crippen LogP contribution in [0, 0.1) is 11.3 Å². The SMILES string of the molecule is CC(C)C(C)(C)CCCCCCCCCc1ccc(/C=C/CCCCF)cc1. The molecule has 1 aromatic carbocycles. The van der Waals surface area contributed by atoms with E-state index < -0.39 is 0 Å². The number of rotatable bonds is 16. The Balaban J connectivity index is 2.04. The molecule has 0 nitrogen and oxygen atoms in total. The summed E-state index contributed by atoms with van der Waals surface area (Å²) in [6.45, 7) is 9.33. The highest BCUT2D eigenvalue weighted by atomic mass is 19.1. The molecule has 0 saturated heterocycles. The smallest absolute Gasteiger partial charge is 0.0894 e. The molecule has 0 bridgehead atoms. The van der Waals surface area contributed by atoms with Gasteiger partial charge >= 0.3 is 0 Å². The van der Waals surface area contributed by atoms with Crippen molar-refractivity contribution >= 4 is 6.08 Å². The predicted molar refractivity (Wildman–Crippen MR) is 125 cm³/mol. The van der Waals surface area contributed by atoms with E-state index in [2.05, 4.69) is 64.1 Å². The van der Waals surface area contributed by atoms with Crippen LogP contribution in [0.2, 0.25) is 0 Å². The Morgan fingerprint density at radius 1 is 0.821 bits per heavy atom. The average Bonchev–Trinajstić information content (AvgIpc) is 2.67. The highest BCUT2D eigenvalue weighted by Crippen LogP contribution is 2.32. The summed E-state index contributed by atoms with van der Waals surface area (Å²) in [6, 6.07) is 8.94. The summed E-state index contributed by atoms with van der Waals surface area (Å²) in [7, 11) is 0. The van der Waals surface area contributed by atoms with Crippen molar-refractivity contribution in [2.45, 2.75) is 105 Å². The van der Waals surface area contributed by atoms with Crippen molar-refractivity contribution in [3.8, 4) is 0 Å². The molecule has 0 aliphatic heterocycles. The summed E-state index contributed by atoms with van der Waals surface area (Å²) in [4.78, 5) is 0. The molecule has 0 N–H and O–H groups in total. The van der Waals surface area contributed by atoms with Crippen LogP contribution in [0.4, 0.5) is 4.39 Å². The third-order valence-electron chi connectivity index (χ3n) is 6.39. The first-order valence-corrected chi connectivity index (χ1v) is 11.8. The highest BCUT2D eigenvalue weighted by molar-refractivity contribution is 5.49. The zero-order valence-corrected chi connectivity index (χ0v) is 19.1. The first-order valence-electron chi connectivity index (χ1n) is 11.8. The summed E-state index contributed by atoms with van der Waals surface area (Å²) in [5.41, 5.74) is 3.20. The van der Waals surface area contributed by atoms with Crippen LogP contribution in [0.1, 0.15) is 109 Å². The van der Waals surface area contributed by atoms with E-state index in [9.17, 15) is 4.39 Å². The quantitative estimate of drug-likeness (QED) is 0.248. The molecule has 0 radical (unpaired) electrons. The topological polar surface area (TPSA) is 0 Å².